The van der Waals surface area contributed by atoms with Crippen molar-refractivity contribution < 1.29 is 14.2 Å². The molecular weight excluding hydrogens is 147 g/mol. The lowest BCUT2D eigenvalue weighted by molar-refractivity contribution is -0.128. The second-order valence-electron chi connectivity index (χ2n) is 1.68. The average Bonchev–Trinajstić information content (AvgIpc) is 1.97. The normalized spacial score (nSPS) is 9.18. The van der Waals surface area contributed by atoms with Crippen LogP contribution in [0.15, 0.2) is 12.3 Å². The molecule has 6 heteroatoms. The van der Waals surface area contributed by atoms with Crippen LogP contribution in [0.1, 0.15) is 6.92 Å². The van der Waals surface area contributed by atoms with Crippen LogP contribution < -0.4 is 10.9 Å². The molecule has 0 unspecified atom stereocenters. The minimum atomic E-state index is -0.483. The Balaban J connectivity index is 3.45. The summed E-state index contributed by atoms with van der Waals surface area (Å²) in [5, 5.41) is 0. The highest BCUT2D eigenvalue weighted by molar-refractivity contribution is 6.07. The molecule has 0 aromatic rings. The molecule has 0 saturated heterocycles. The maximum atomic E-state index is 10.4. The molecule has 0 aliphatic heterocycles. The van der Waals surface area contributed by atoms with Gasteiger partial charge in [0.05, 0.1) is 0 Å². The highest BCUT2D eigenvalue weighted by Gasteiger charge is 1.88. The summed E-state index contributed by atoms with van der Waals surface area (Å²) in [5.41, 5.74) is 4.61. The monoisotopic (exact) mass is 156 g/mol. The average molecular weight is 156 g/mol. The van der Waals surface area contributed by atoms with E-state index in [4.69, 9.17) is 0 Å². The molecule has 11 heavy (non-hydrogen) atoms. The summed E-state index contributed by atoms with van der Waals surface area (Å²) in [7, 11) is 1.27. The lowest BCUT2D eigenvalue weighted by atomic mass is 10.5. The van der Waals surface area contributed by atoms with E-state index in [9.17, 15) is 9.59 Å². The molecule has 0 aromatic heterocycles. The molecule has 0 aliphatic rings. The van der Waals surface area contributed by atoms with Gasteiger partial charge in [-0.2, -0.15) is 0 Å². The number of nitrogens with one attached hydrogen (secondary N) is 2. The third-order valence-electron chi connectivity index (χ3n) is 0.752. The first kappa shape index (κ1) is 9.54. The summed E-state index contributed by atoms with van der Waals surface area (Å²) in [6, 6.07) is 0. The van der Waals surface area contributed by atoms with Crippen LogP contribution in [0.2, 0.25) is 0 Å². The van der Waals surface area contributed by atoms with Gasteiger partial charge in [-0.05, 0) is 0 Å². The molecule has 60 valence electrons. The van der Waals surface area contributed by atoms with Crippen LogP contribution in [0, 0.1) is 0 Å². The predicted molar refractivity (Wildman–Crippen MR) is 40.7 cm³/mol. The number of hydrazine groups is 1. The first-order valence-electron chi connectivity index (χ1n) is 2.93. The van der Waals surface area contributed by atoms with Gasteiger partial charge >= 0.3 is 14.0 Å². The van der Waals surface area contributed by atoms with E-state index in [1.165, 1.54) is 21.2 Å². The van der Waals surface area contributed by atoms with Crippen molar-refractivity contribution in [2.24, 2.45) is 0 Å². The zero-order valence-corrected chi connectivity index (χ0v) is 6.38. The van der Waals surface area contributed by atoms with Crippen LogP contribution in [0.25, 0.3) is 0 Å². The summed E-state index contributed by atoms with van der Waals surface area (Å²) in [6.45, 7) is 1.35. The van der Waals surface area contributed by atoms with Gasteiger partial charge in [-0.25, -0.2) is 4.79 Å². The van der Waals surface area contributed by atoms with E-state index in [1.54, 1.807) is 0 Å². The van der Waals surface area contributed by atoms with Crippen molar-refractivity contribution in [3.63, 3.8) is 0 Å². The molecule has 0 rings (SSSR count). The van der Waals surface area contributed by atoms with Crippen LogP contribution in [-0.2, 0) is 14.2 Å². The maximum absolute atomic E-state index is 10.4. The fourth-order valence-electron chi connectivity index (χ4n) is 0.321. The number of rotatable bonds is 3. The van der Waals surface area contributed by atoms with Gasteiger partial charge < -0.3 is 10.1 Å². The zero-order valence-electron chi connectivity index (χ0n) is 6.38. The molecule has 0 radical (unpaired) electrons. The molecule has 0 saturated carbocycles. The van der Waals surface area contributed by atoms with Crippen molar-refractivity contribution in [2.75, 3.05) is 0 Å². The molecule has 0 atom stereocenters. The Morgan fingerprint density at radius 1 is 1.55 bits per heavy atom. The molecule has 0 fully saturated rings. The van der Waals surface area contributed by atoms with Crippen molar-refractivity contribution in [2.45, 2.75) is 6.92 Å². The van der Waals surface area contributed by atoms with Gasteiger partial charge in [0.15, 0.2) is 0 Å². The largest absolute Gasteiger partial charge is 0.540 e. The standard InChI is InChI=1S/C5H9BN2O3/c1-4(9)8-7-3-2-5(10)11-6/h2-3,7H,6H2,1H3,(H,8,9)/b3-2+. The van der Waals surface area contributed by atoms with Gasteiger partial charge in [-0.1, -0.05) is 0 Å². The summed E-state index contributed by atoms with van der Waals surface area (Å²) in [4.78, 5) is 20.6. The minimum absolute atomic E-state index is 0.237. The second-order valence-corrected chi connectivity index (χ2v) is 1.68. The van der Waals surface area contributed by atoms with Crippen LogP contribution in [0.4, 0.5) is 0 Å². The van der Waals surface area contributed by atoms with Crippen LogP contribution >= 0.6 is 0 Å². The Labute approximate surface area is 65.2 Å². The molecule has 5 nitrogen and oxygen atoms in total. The summed E-state index contributed by atoms with van der Waals surface area (Å²) >= 11 is 0. The summed E-state index contributed by atoms with van der Waals surface area (Å²) in [5.74, 6) is -0.720. The molecule has 2 N–H and O–H groups in total. The fourth-order valence-corrected chi connectivity index (χ4v) is 0.321. The topological polar surface area (TPSA) is 67.4 Å². The van der Waals surface area contributed by atoms with Crippen molar-refractivity contribution in [1.29, 1.82) is 0 Å². The van der Waals surface area contributed by atoms with Crippen molar-refractivity contribution in [3.05, 3.63) is 12.3 Å². The van der Waals surface area contributed by atoms with E-state index in [0.29, 0.717) is 0 Å². The number of hydrogen-bond donors (Lipinski definition) is 2. The third kappa shape index (κ3) is 6.43. The molecule has 0 aromatic carbocycles. The third-order valence-corrected chi connectivity index (χ3v) is 0.752. The lowest BCUT2D eigenvalue weighted by Crippen LogP contribution is -2.31. The molecular formula is C5H9BN2O3. The molecule has 0 aliphatic carbocycles. The quantitative estimate of drug-likeness (QED) is 0.288. The van der Waals surface area contributed by atoms with Crippen LogP contribution in [-0.4, -0.2) is 19.9 Å². The minimum Gasteiger partial charge on any atom is -0.540 e. The van der Waals surface area contributed by atoms with Crippen molar-refractivity contribution in [1.82, 2.24) is 10.9 Å². The highest BCUT2D eigenvalue weighted by atomic mass is 16.5. The highest BCUT2D eigenvalue weighted by Crippen LogP contribution is 1.72. The number of carbonyl (C=O) groups is 2. The van der Waals surface area contributed by atoms with Crippen LogP contribution in [0.5, 0.6) is 0 Å². The Hall–Kier alpha value is -1.46. The van der Waals surface area contributed by atoms with Crippen LogP contribution in [0.3, 0.4) is 0 Å². The second kappa shape index (κ2) is 5.34. The van der Waals surface area contributed by atoms with E-state index < -0.39 is 5.97 Å². The number of amides is 1. The predicted octanol–water partition coefficient (Wildman–Crippen LogP) is -1.77. The van der Waals surface area contributed by atoms with Crippen molar-refractivity contribution in [3.8, 4) is 0 Å². The van der Waals surface area contributed by atoms with Gasteiger partial charge in [-0.3, -0.25) is 10.2 Å². The van der Waals surface area contributed by atoms with E-state index in [-0.39, 0.29) is 5.91 Å². The zero-order chi connectivity index (χ0) is 8.69. The van der Waals surface area contributed by atoms with Gasteiger partial charge in [-0.15, -0.1) is 0 Å². The molecule has 1 amide bonds. The first-order chi connectivity index (χ1) is 5.16. The Kier molecular flexibility index (Phi) is 4.63. The first-order valence-corrected chi connectivity index (χ1v) is 2.93. The number of hydrogen-bond acceptors (Lipinski definition) is 4. The maximum Gasteiger partial charge on any atom is 0.326 e. The van der Waals surface area contributed by atoms with E-state index in [2.05, 4.69) is 15.5 Å². The van der Waals surface area contributed by atoms with E-state index in [1.807, 2.05) is 0 Å². The van der Waals surface area contributed by atoms with Gasteiger partial charge in [0.25, 0.3) is 0 Å². The molecule has 0 bridgehead atoms. The Morgan fingerprint density at radius 2 is 2.18 bits per heavy atom. The van der Waals surface area contributed by atoms with Gasteiger partial charge in [0, 0.05) is 19.2 Å². The Bertz CT molecular complexity index is 181. The molecule has 0 spiro atoms. The van der Waals surface area contributed by atoms with Gasteiger partial charge in [0.1, 0.15) is 0 Å². The number of carbonyl (C=O) groups excluding carboxylic acids is 2. The summed E-state index contributed by atoms with van der Waals surface area (Å²) in [6.07, 6.45) is 2.42. The Morgan fingerprint density at radius 3 is 2.64 bits per heavy atom. The smallest absolute Gasteiger partial charge is 0.326 e. The molecule has 0 heterocycles. The lowest BCUT2D eigenvalue weighted by Gasteiger charge is -1.97. The van der Waals surface area contributed by atoms with Crippen molar-refractivity contribution >= 4 is 19.9 Å². The SMILES string of the molecule is BOC(=O)/C=C/NNC(C)=O. The summed E-state index contributed by atoms with van der Waals surface area (Å²) < 4.78 is 4.28. The fraction of sp³-hybridized carbons (Fsp3) is 0.200. The van der Waals surface area contributed by atoms with E-state index >= 15 is 0 Å². The van der Waals surface area contributed by atoms with Gasteiger partial charge in [0.2, 0.25) is 5.91 Å². The van der Waals surface area contributed by atoms with E-state index in [0.717, 1.165) is 6.08 Å².